The molecule has 0 spiro atoms. The molecule has 1 aromatic rings. The van der Waals surface area contributed by atoms with Crippen LogP contribution in [0.15, 0.2) is 16.8 Å². The first-order chi connectivity index (χ1) is 8.84. The number of hydrogen-bond donors (Lipinski definition) is 1. The third-order valence-corrected chi connectivity index (χ3v) is 5.33. The fraction of sp³-hybridized carbons (Fsp3) is 0.733. The van der Waals surface area contributed by atoms with Gasteiger partial charge in [0.2, 0.25) is 0 Å². The monoisotopic (exact) mass is 264 g/mol. The van der Waals surface area contributed by atoms with Gasteiger partial charge in [-0.2, -0.15) is 11.3 Å². The van der Waals surface area contributed by atoms with Gasteiger partial charge in [0.05, 0.1) is 0 Å². The number of thiophene rings is 1. The van der Waals surface area contributed by atoms with E-state index >= 15 is 0 Å². The molecule has 1 aliphatic heterocycles. The fourth-order valence-corrected chi connectivity index (χ4v) is 4.17. The van der Waals surface area contributed by atoms with E-state index in [9.17, 15) is 0 Å². The molecule has 3 rings (SSSR count). The molecule has 2 atom stereocenters. The molecule has 2 heterocycles. The first kappa shape index (κ1) is 12.5. The summed E-state index contributed by atoms with van der Waals surface area (Å²) in [5.41, 5.74) is 1.43. The summed E-state index contributed by atoms with van der Waals surface area (Å²) in [7, 11) is 0. The van der Waals surface area contributed by atoms with Crippen molar-refractivity contribution in [2.45, 2.75) is 51.1 Å². The van der Waals surface area contributed by atoms with E-state index in [0.29, 0.717) is 12.1 Å². The van der Waals surface area contributed by atoms with E-state index in [-0.39, 0.29) is 0 Å². The highest BCUT2D eigenvalue weighted by molar-refractivity contribution is 7.08. The van der Waals surface area contributed by atoms with Crippen molar-refractivity contribution in [1.82, 2.24) is 5.32 Å². The van der Waals surface area contributed by atoms with E-state index in [4.69, 9.17) is 0 Å². The maximum atomic E-state index is 3.79. The molecule has 2 nitrogen and oxygen atoms in total. The Labute approximate surface area is 114 Å². The summed E-state index contributed by atoms with van der Waals surface area (Å²) in [5, 5.41) is 8.28. The van der Waals surface area contributed by atoms with Crippen LogP contribution in [0.2, 0.25) is 0 Å². The summed E-state index contributed by atoms with van der Waals surface area (Å²) in [6, 6.07) is 3.60. The Kier molecular flexibility index (Phi) is 3.90. The van der Waals surface area contributed by atoms with Crippen molar-refractivity contribution >= 4 is 17.0 Å². The van der Waals surface area contributed by atoms with Gasteiger partial charge in [-0.15, -0.1) is 0 Å². The standard InChI is InChI=1S/C15H24N2S/c1-12-9-16-15(13-5-3-2-4-6-13)10-17(12)14-7-8-18-11-14/h7-8,11-13,15-16H,2-6,9-10H2,1H3. The molecule has 1 aliphatic carbocycles. The van der Waals surface area contributed by atoms with Gasteiger partial charge in [0.15, 0.2) is 0 Å². The van der Waals surface area contributed by atoms with Crippen molar-refractivity contribution in [3.8, 4) is 0 Å². The average molecular weight is 264 g/mol. The lowest BCUT2D eigenvalue weighted by molar-refractivity contribution is 0.245. The van der Waals surface area contributed by atoms with Gasteiger partial charge < -0.3 is 10.2 Å². The second-order valence-corrected chi connectivity index (χ2v) is 6.68. The summed E-state index contributed by atoms with van der Waals surface area (Å²) in [6.45, 7) is 4.67. The lowest BCUT2D eigenvalue weighted by Gasteiger charge is -2.43. The van der Waals surface area contributed by atoms with Gasteiger partial charge in [0.25, 0.3) is 0 Å². The third kappa shape index (κ3) is 2.57. The van der Waals surface area contributed by atoms with Crippen LogP contribution >= 0.6 is 11.3 Å². The van der Waals surface area contributed by atoms with Gasteiger partial charge in [-0.3, -0.25) is 0 Å². The molecule has 0 radical (unpaired) electrons. The number of anilines is 1. The van der Waals surface area contributed by atoms with Crippen LogP contribution in [0.4, 0.5) is 5.69 Å². The number of nitrogens with zero attached hydrogens (tertiary/aromatic N) is 1. The Morgan fingerprint density at radius 3 is 2.83 bits per heavy atom. The van der Waals surface area contributed by atoms with E-state index < -0.39 is 0 Å². The summed E-state index contributed by atoms with van der Waals surface area (Å²) in [6.07, 6.45) is 7.20. The molecule has 3 heteroatoms. The second kappa shape index (κ2) is 5.62. The molecule has 1 saturated carbocycles. The van der Waals surface area contributed by atoms with Gasteiger partial charge in [0, 0.05) is 36.2 Å². The molecule has 1 aromatic heterocycles. The smallest absolute Gasteiger partial charge is 0.0478 e. The van der Waals surface area contributed by atoms with Gasteiger partial charge in [-0.1, -0.05) is 19.3 Å². The molecule has 0 bridgehead atoms. The molecule has 18 heavy (non-hydrogen) atoms. The van der Waals surface area contributed by atoms with E-state index in [0.717, 1.165) is 12.5 Å². The van der Waals surface area contributed by atoms with Crippen LogP contribution in [0.5, 0.6) is 0 Å². The molecule has 100 valence electrons. The van der Waals surface area contributed by atoms with E-state index in [1.165, 1.54) is 44.3 Å². The SMILES string of the molecule is CC1CNC(C2CCCCC2)CN1c1ccsc1. The van der Waals surface area contributed by atoms with Gasteiger partial charge in [0.1, 0.15) is 0 Å². The molecule has 0 amide bonds. The normalized spacial score (nSPS) is 30.6. The Hall–Kier alpha value is -0.540. The summed E-state index contributed by atoms with van der Waals surface area (Å²) < 4.78 is 0. The zero-order valence-corrected chi connectivity index (χ0v) is 12.1. The highest BCUT2D eigenvalue weighted by atomic mass is 32.1. The van der Waals surface area contributed by atoms with E-state index in [2.05, 4.69) is 34.0 Å². The van der Waals surface area contributed by atoms with Crippen LogP contribution in [-0.2, 0) is 0 Å². The van der Waals surface area contributed by atoms with Crippen molar-refractivity contribution in [3.05, 3.63) is 16.8 Å². The Morgan fingerprint density at radius 2 is 2.11 bits per heavy atom. The summed E-state index contributed by atoms with van der Waals surface area (Å²) in [4.78, 5) is 2.60. The first-order valence-electron chi connectivity index (χ1n) is 7.37. The van der Waals surface area contributed by atoms with Crippen LogP contribution < -0.4 is 10.2 Å². The minimum atomic E-state index is 0.624. The van der Waals surface area contributed by atoms with Crippen LogP contribution in [0.25, 0.3) is 0 Å². The average Bonchev–Trinajstić information content (AvgIpc) is 2.94. The molecular formula is C15H24N2S. The predicted molar refractivity (Wildman–Crippen MR) is 79.5 cm³/mol. The zero-order chi connectivity index (χ0) is 12.4. The molecule has 0 aromatic carbocycles. The van der Waals surface area contributed by atoms with E-state index in [1.807, 2.05) is 11.3 Å². The summed E-state index contributed by atoms with van der Waals surface area (Å²) >= 11 is 1.81. The van der Waals surface area contributed by atoms with Crippen molar-refractivity contribution in [3.63, 3.8) is 0 Å². The van der Waals surface area contributed by atoms with Crippen LogP contribution in [0, 0.1) is 5.92 Å². The topological polar surface area (TPSA) is 15.3 Å². The quantitative estimate of drug-likeness (QED) is 0.879. The molecule has 1 N–H and O–H groups in total. The summed E-state index contributed by atoms with van der Waals surface area (Å²) in [5.74, 6) is 0.910. The maximum absolute atomic E-state index is 3.79. The fourth-order valence-electron chi connectivity index (χ4n) is 3.52. The van der Waals surface area contributed by atoms with Crippen LogP contribution in [-0.4, -0.2) is 25.2 Å². The predicted octanol–water partition coefficient (Wildman–Crippen LogP) is 3.50. The van der Waals surface area contributed by atoms with E-state index in [1.54, 1.807) is 0 Å². The van der Waals surface area contributed by atoms with Crippen molar-refractivity contribution in [1.29, 1.82) is 0 Å². The number of hydrogen-bond acceptors (Lipinski definition) is 3. The third-order valence-electron chi connectivity index (χ3n) is 4.66. The molecular weight excluding hydrogens is 240 g/mol. The highest BCUT2D eigenvalue weighted by Crippen LogP contribution is 2.30. The minimum Gasteiger partial charge on any atom is -0.365 e. The Balaban J connectivity index is 1.68. The first-order valence-corrected chi connectivity index (χ1v) is 8.31. The van der Waals surface area contributed by atoms with Crippen LogP contribution in [0.1, 0.15) is 39.0 Å². The zero-order valence-electron chi connectivity index (χ0n) is 11.3. The molecule has 2 aliphatic rings. The van der Waals surface area contributed by atoms with Crippen LogP contribution in [0.3, 0.4) is 0 Å². The molecule has 1 saturated heterocycles. The van der Waals surface area contributed by atoms with Crippen molar-refractivity contribution in [2.75, 3.05) is 18.0 Å². The van der Waals surface area contributed by atoms with Crippen molar-refractivity contribution < 1.29 is 0 Å². The number of rotatable bonds is 2. The maximum Gasteiger partial charge on any atom is 0.0478 e. The lowest BCUT2D eigenvalue weighted by atomic mass is 9.82. The van der Waals surface area contributed by atoms with Gasteiger partial charge in [-0.25, -0.2) is 0 Å². The molecule has 2 unspecified atom stereocenters. The molecule has 2 fully saturated rings. The Morgan fingerprint density at radius 1 is 1.28 bits per heavy atom. The number of nitrogens with one attached hydrogen (secondary N) is 1. The Bertz CT molecular complexity index is 357. The van der Waals surface area contributed by atoms with Gasteiger partial charge >= 0.3 is 0 Å². The lowest BCUT2D eigenvalue weighted by Crippen LogP contribution is -2.58. The largest absolute Gasteiger partial charge is 0.365 e. The second-order valence-electron chi connectivity index (χ2n) is 5.90. The minimum absolute atomic E-state index is 0.624. The number of piperazine rings is 1. The highest BCUT2D eigenvalue weighted by Gasteiger charge is 2.31. The van der Waals surface area contributed by atoms with Crippen molar-refractivity contribution in [2.24, 2.45) is 5.92 Å². The van der Waals surface area contributed by atoms with Gasteiger partial charge in [-0.05, 0) is 37.1 Å².